The second-order valence-electron chi connectivity index (χ2n) is 5.84. The van der Waals surface area contributed by atoms with E-state index in [1.165, 1.54) is 0 Å². The summed E-state index contributed by atoms with van der Waals surface area (Å²) in [5, 5.41) is 10.8. The molecule has 2 N–H and O–H groups in total. The molecule has 0 aliphatic heterocycles. The highest BCUT2D eigenvalue weighted by Gasteiger charge is 2.10. The maximum absolute atomic E-state index is 12.0. The zero-order valence-electron chi connectivity index (χ0n) is 14.0. The monoisotopic (exact) mass is 347 g/mol. The van der Waals surface area contributed by atoms with Crippen molar-refractivity contribution in [1.82, 2.24) is 25.5 Å². The Bertz CT molecular complexity index is 990. The highest BCUT2D eigenvalue weighted by Crippen LogP contribution is 2.16. The Labute approximate surface area is 149 Å². The number of hydrogen-bond donors (Lipinski definition) is 2. The van der Waals surface area contributed by atoms with Crippen LogP contribution in [0.25, 0.3) is 22.5 Å². The van der Waals surface area contributed by atoms with E-state index in [-0.39, 0.29) is 12.5 Å². The lowest BCUT2D eigenvalue weighted by atomic mass is 10.2. The number of rotatable bonds is 6. The number of nitrogens with zero attached hydrogens (tertiary/aromatic N) is 3. The summed E-state index contributed by atoms with van der Waals surface area (Å²) < 4.78 is 5.57. The summed E-state index contributed by atoms with van der Waals surface area (Å²) in [6, 6.07) is 17.3. The second kappa shape index (κ2) is 7.18. The summed E-state index contributed by atoms with van der Waals surface area (Å²) in [6.07, 6.45) is 0.874. The van der Waals surface area contributed by atoms with Gasteiger partial charge in [0, 0.05) is 18.4 Å². The van der Waals surface area contributed by atoms with E-state index in [2.05, 4.69) is 25.5 Å². The fourth-order valence-electron chi connectivity index (χ4n) is 2.64. The summed E-state index contributed by atoms with van der Waals surface area (Å²) in [5.41, 5.74) is 2.73. The van der Waals surface area contributed by atoms with Gasteiger partial charge in [0.25, 0.3) is 0 Å². The van der Waals surface area contributed by atoms with Crippen LogP contribution in [0.5, 0.6) is 0 Å². The van der Waals surface area contributed by atoms with Gasteiger partial charge in [-0.3, -0.25) is 4.79 Å². The largest absolute Gasteiger partial charge is 0.419 e. The van der Waals surface area contributed by atoms with Gasteiger partial charge in [0.15, 0.2) is 0 Å². The molecule has 0 spiro atoms. The number of H-pyrrole nitrogens is 1. The maximum Gasteiger partial charge on any atom is 0.247 e. The first-order chi connectivity index (χ1) is 12.8. The number of para-hydroxylation sites is 2. The van der Waals surface area contributed by atoms with Gasteiger partial charge in [0.2, 0.25) is 17.7 Å². The molecule has 7 heteroatoms. The topological polar surface area (TPSA) is 96.7 Å². The number of aromatic nitrogens is 4. The third kappa shape index (κ3) is 3.61. The van der Waals surface area contributed by atoms with E-state index in [1.54, 1.807) is 0 Å². The van der Waals surface area contributed by atoms with Gasteiger partial charge in [-0.25, -0.2) is 4.98 Å². The average Bonchev–Trinajstić information content (AvgIpc) is 3.32. The molecule has 2 heterocycles. The molecule has 4 aromatic rings. The summed E-state index contributed by atoms with van der Waals surface area (Å²) >= 11 is 0. The number of benzene rings is 2. The van der Waals surface area contributed by atoms with E-state index in [4.69, 9.17) is 4.42 Å². The predicted octanol–water partition coefficient (Wildman–Crippen LogP) is 2.86. The minimum Gasteiger partial charge on any atom is -0.419 e. The molecular weight excluding hydrogens is 330 g/mol. The van der Waals surface area contributed by atoms with Crippen LogP contribution >= 0.6 is 0 Å². The second-order valence-corrected chi connectivity index (χ2v) is 5.84. The van der Waals surface area contributed by atoms with Gasteiger partial charge >= 0.3 is 0 Å². The number of amides is 1. The van der Waals surface area contributed by atoms with Crippen molar-refractivity contribution >= 4 is 16.9 Å². The molecule has 26 heavy (non-hydrogen) atoms. The van der Waals surface area contributed by atoms with Gasteiger partial charge in [0.1, 0.15) is 5.82 Å². The molecule has 2 aromatic heterocycles. The summed E-state index contributed by atoms with van der Waals surface area (Å²) in [5.74, 6) is 1.52. The Morgan fingerprint density at radius 1 is 1.04 bits per heavy atom. The Hall–Kier alpha value is -3.48. The first-order valence-electron chi connectivity index (χ1n) is 8.36. The van der Waals surface area contributed by atoms with Crippen molar-refractivity contribution in [2.45, 2.75) is 19.4 Å². The van der Waals surface area contributed by atoms with Crippen molar-refractivity contribution in [3.63, 3.8) is 0 Å². The fourth-order valence-corrected chi connectivity index (χ4v) is 2.64. The van der Waals surface area contributed by atoms with Gasteiger partial charge in [-0.15, -0.1) is 10.2 Å². The fraction of sp³-hybridized carbons (Fsp3) is 0.158. The van der Waals surface area contributed by atoms with Crippen molar-refractivity contribution in [2.24, 2.45) is 0 Å². The van der Waals surface area contributed by atoms with Crippen molar-refractivity contribution < 1.29 is 9.21 Å². The summed E-state index contributed by atoms with van der Waals surface area (Å²) in [7, 11) is 0. The van der Waals surface area contributed by atoms with Crippen LogP contribution < -0.4 is 5.32 Å². The third-order valence-corrected chi connectivity index (χ3v) is 3.95. The van der Waals surface area contributed by atoms with Gasteiger partial charge in [-0.05, 0) is 24.3 Å². The zero-order valence-corrected chi connectivity index (χ0v) is 14.0. The molecule has 130 valence electrons. The molecule has 0 saturated heterocycles. The molecule has 0 aliphatic carbocycles. The van der Waals surface area contributed by atoms with Crippen LogP contribution in [-0.4, -0.2) is 26.1 Å². The van der Waals surface area contributed by atoms with Crippen LogP contribution in [-0.2, 0) is 17.8 Å². The molecule has 0 atom stereocenters. The first-order valence-corrected chi connectivity index (χ1v) is 8.36. The molecule has 7 nitrogen and oxygen atoms in total. The van der Waals surface area contributed by atoms with Crippen molar-refractivity contribution in [3.8, 4) is 11.5 Å². The number of aromatic amines is 1. The predicted molar refractivity (Wildman–Crippen MR) is 96.0 cm³/mol. The minimum atomic E-state index is -0.0927. The van der Waals surface area contributed by atoms with Crippen LogP contribution in [0.2, 0.25) is 0 Å². The number of aryl methyl sites for hydroxylation is 1. The maximum atomic E-state index is 12.0. The Morgan fingerprint density at radius 2 is 1.85 bits per heavy atom. The van der Waals surface area contributed by atoms with E-state index in [0.29, 0.717) is 24.6 Å². The van der Waals surface area contributed by atoms with Crippen LogP contribution in [0.4, 0.5) is 0 Å². The molecule has 1 amide bonds. The van der Waals surface area contributed by atoms with E-state index in [9.17, 15) is 4.79 Å². The van der Waals surface area contributed by atoms with Crippen LogP contribution in [0.1, 0.15) is 18.1 Å². The smallest absolute Gasteiger partial charge is 0.247 e. The Morgan fingerprint density at radius 3 is 2.69 bits per heavy atom. The van der Waals surface area contributed by atoms with Crippen molar-refractivity contribution in [2.75, 3.05) is 0 Å². The number of carbonyl (C=O) groups excluding carboxylic acids is 1. The molecule has 0 aliphatic rings. The molecule has 0 fully saturated rings. The lowest BCUT2D eigenvalue weighted by Crippen LogP contribution is -2.23. The Balaban J connectivity index is 1.29. The molecule has 4 rings (SSSR count). The molecule has 0 saturated carbocycles. The lowest BCUT2D eigenvalue weighted by Gasteiger charge is -2.01. The van der Waals surface area contributed by atoms with Gasteiger partial charge in [-0.2, -0.15) is 0 Å². The average molecular weight is 347 g/mol. The standard InChI is InChI=1S/C19H17N5O2/c25-17(11-10-16-21-14-8-4-5-9-15(14)22-16)20-12-18-23-24-19(26-18)13-6-2-1-3-7-13/h1-9H,10-12H2,(H,20,25)(H,21,22). The molecular formula is C19H17N5O2. The zero-order chi connectivity index (χ0) is 17.8. The number of carbonyl (C=O) groups is 1. The molecule has 2 aromatic carbocycles. The van der Waals surface area contributed by atoms with Crippen LogP contribution in [0.15, 0.2) is 59.0 Å². The number of hydrogen-bond acceptors (Lipinski definition) is 5. The van der Waals surface area contributed by atoms with E-state index >= 15 is 0 Å². The van der Waals surface area contributed by atoms with Crippen molar-refractivity contribution in [1.29, 1.82) is 0 Å². The van der Waals surface area contributed by atoms with Gasteiger partial charge in [0.05, 0.1) is 17.6 Å². The van der Waals surface area contributed by atoms with E-state index in [0.717, 1.165) is 22.4 Å². The van der Waals surface area contributed by atoms with E-state index < -0.39 is 0 Å². The van der Waals surface area contributed by atoms with Gasteiger partial charge in [-0.1, -0.05) is 30.3 Å². The SMILES string of the molecule is O=C(CCc1nc2ccccc2[nH]1)NCc1nnc(-c2ccccc2)o1. The quantitative estimate of drug-likeness (QED) is 0.559. The highest BCUT2D eigenvalue weighted by atomic mass is 16.4. The number of imidazole rings is 1. The number of fused-ring (bicyclic) bond motifs is 1. The Kier molecular flexibility index (Phi) is 4.42. The third-order valence-electron chi connectivity index (χ3n) is 3.95. The van der Waals surface area contributed by atoms with Crippen LogP contribution in [0, 0.1) is 0 Å². The molecule has 0 unspecified atom stereocenters. The summed E-state index contributed by atoms with van der Waals surface area (Å²) in [6.45, 7) is 0.207. The van der Waals surface area contributed by atoms with Gasteiger partial charge < -0.3 is 14.7 Å². The lowest BCUT2D eigenvalue weighted by molar-refractivity contribution is -0.121. The summed E-state index contributed by atoms with van der Waals surface area (Å²) in [4.78, 5) is 19.7. The highest BCUT2D eigenvalue weighted by molar-refractivity contribution is 5.77. The number of nitrogens with one attached hydrogen (secondary N) is 2. The van der Waals surface area contributed by atoms with Crippen LogP contribution in [0.3, 0.4) is 0 Å². The molecule has 0 bridgehead atoms. The first kappa shape index (κ1) is 16.0. The molecule has 0 radical (unpaired) electrons. The normalized spacial score (nSPS) is 10.9. The van der Waals surface area contributed by atoms with E-state index in [1.807, 2.05) is 54.6 Å². The minimum absolute atomic E-state index is 0.0927. The van der Waals surface area contributed by atoms with Crippen molar-refractivity contribution in [3.05, 3.63) is 66.3 Å².